The fourth-order valence-electron chi connectivity index (χ4n) is 3.11. The molecule has 1 aromatic carbocycles. The van der Waals surface area contributed by atoms with E-state index in [1.54, 1.807) is 7.11 Å². The Hall–Kier alpha value is -2.89. The maximum absolute atomic E-state index is 12.2. The lowest BCUT2D eigenvalue weighted by Gasteiger charge is -2.11. The number of benzene rings is 1. The fraction of sp³-hybridized carbons (Fsp3) is 0.350. The lowest BCUT2D eigenvalue weighted by Crippen LogP contribution is -2.23. The summed E-state index contributed by atoms with van der Waals surface area (Å²) in [6, 6.07) is 9.66. The van der Waals surface area contributed by atoms with E-state index in [4.69, 9.17) is 4.74 Å². The number of nitrogens with zero attached hydrogens (tertiary/aromatic N) is 3. The molecular weight excluding hydrogens is 328 g/mol. The Kier molecular flexibility index (Phi) is 5.21. The highest BCUT2D eigenvalue weighted by molar-refractivity contribution is 5.76. The van der Waals surface area contributed by atoms with Gasteiger partial charge < -0.3 is 10.1 Å². The minimum atomic E-state index is 0.0170. The number of amides is 1. The van der Waals surface area contributed by atoms with Crippen LogP contribution < -0.4 is 10.1 Å². The molecule has 0 aliphatic heterocycles. The second kappa shape index (κ2) is 7.56. The Bertz CT molecular complexity index is 946. The molecular formula is C20H24N4O2. The van der Waals surface area contributed by atoms with Crippen LogP contribution in [-0.2, 0) is 17.8 Å². The first kappa shape index (κ1) is 17.9. The van der Waals surface area contributed by atoms with Gasteiger partial charge in [-0.05, 0) is 50.5 Å². The Labute approximate surface area is 153 Å². The van der Waals surface area contributed by atoms with Crippen LogP contribution in [0.2, 0.25) is 0 Å². The van der Waals surface area contributed by atoms with Crippen LogP contribution in [0, 0.1) is 20.8 Å². The monoisotopic (exact) mass is 352 g/mol. The van der Waals surface area contributed by atoms with Crippen molar-refractivity contribution in [2.45, 2.75) is 40.2 Å². The van der Waals surface area contributed by atoms with Crippen LogP contribution in [-0.4, -0.2) is 27.6 Å². The zero-order chi connectivity index (χ0) is 18.7. The molecule has 0 aliphatic rings. The highest BCUT2D eigenvalue weighted by atomic mass is 16.5. The zero-order valence-corrected chi connectivity index (χ0v) is 15.7. The number of fused-ring (bicyclic) bond motifs is 1. The number of hydrogen-bond acceptors (Lipinski definition) is 4. The van der Waals surface area contributed by atoms with Crippen LogP contribution in [0.1, 0.15) is 34.6 Å². The van der Waals surface area contributed by atoms with E-state index in [9.17, 15) is 4.79 Å². The van der Waals surface area contributed by atoms with Crippen molar-refractivity contribution in [2.75, 3.05) is 7.11 Å². The summed E-state index contributed by atoms with van der Waals surface area (Å²) < 4.78 is 7.06. The molecule has 3 rings (SSSR count). The number of ether oxygens (including phenoxy) is 1. The molecule has 26 heavy (non-hydrogen) atoms. The highest BCUT2D eigenvalue weighted by Gasteiger charge is 2.12. The molecule has 2 aromatic heterocycles. The van der Waals surface area contributed by atoms with Crippen LogP contribution in [0.3, 0.4) is 0 Å². The first-order valence-corrected chi connectivity index (χ1v) is 8.70. The lowest BCUT2D eigenvalue weighted by atomic mass is 10.1. The molecule has 0 saturated carbocycles. The topological polar surface area (TPSA) is 68.5 Å². The zero-order valence-electron chi connectivity index (χ0n) is 15.7. The van der Waals surface area contributed by atoms with E-state index in [0.717, 1.165) is 39.6 Å². The van der Waals surface area contributed by atoms with Crippen molar-refractivity contribution in [1.29, 1.82) is 0 Å². The summed E-state index contributed by atoms with van der Waals surface area (Å²) in [5, 5.41) is 7.44. The predicted molar refractivity (Wildman–Crippen MR) is 100 cm³/mol. The number of aryl methyl sites for hydroxylation is 3. The summed E-state index contributed by atoms with van der Waals surface area (Å²) >= 11 is 0. The molecule has 6 nitrogen and oxygen atoms in total. The van der Waals surface area contributed by atoms with Crippen molar-refractivity contribution >= 4 is 11.6 Å². The molecule has 136 valence electrons. The molecule has 3 aromatic rings. The first-order valence-electron chi connectivity index (χ1n) is 8.70. The van der Waals surface area contributed by atoms with Gasteiger partial charge in [-0.15, -0.1) is 0 Å². The van der Waals surface area contributed by atoms with Gasteiger partial charge in [-0.3, -0.25) is 4.79 Å². The molecule has 0 atom stereocenters. The van der Waals surface area contributed by atoms with Gasteiger partial charge in [-0.25, -0.2) is 9.50 Å². The number of carbonyl (C=O) groups is 1. The van der Waals surface area contributed by atoms with Gasteiger partial charge in [0.05, 0.1) is 12.8 Å². The molecule has 0 aliphatic carbocycles. The summed E-state index contributed by atoms with van der Waals surface area (Å²) in [6.45, 7) is 6.45. The van der Waals surface area contributed by atoms with Crippen molar-refractivity contribution in [2.24, 2.45) is 0 Å². The summed E-state index contributed by atoms with van der Waals surface area (Å²) in [5.41, 5.74) is 5.88. The van der Waals surface area contributed by atoms with Crippen LogP contribution in [0.4, 0.5) is 0 Å². The maximum Gasteiger partial charge on any atom is 0.220 e. The van der Waals surface area contributed by atoms with Gasteiger partial charge in [0.2, 0.25) is 5.91 Å². The van der Waals surface area contributed by atoms with Gasteiger partial charge >= 0.3 is 0 Å². The predicted octanol–water partition coefficient (Wildman–Crippen LogP) is 2.91. The van der Waals surface area contributed by atoms with E-state index in [2.05, 4.69) is 15.4 Å². The Balaban J connectivity index is 1.63. The third kappa shape index (κ3) is 3.85. The van der Waals surface area contributed by atoms with E-state index in [-0.39, 0.29) is 5.91 Å². The Morgan fingerprint density at radius 2 is 2.04 bits per heavy atom. The second-order valence-electron chi connectivity index (χ2n) is 6.45. The second-order valence-corrected chi connectivity index (χ2v) is 6.45. The van der Waals surface area contributed by atoms with Gasteiger partial charge in [0.25, 0.3) is 0 Å². The Morgan fingerprint density at radius 1 is 1.23 bits per heavy atom. The molecule has 0 radical (unpaired) electrons. The molecule has 2 heterocycles. The van der Waals surface area contributed by atoms with Crippen molar-refractivity contribution in [3.8, 4) is 5.75 Å². The molecule has 0 spiro atoms. The van der Waals surface area contributed by atoms with Crippen LogP contribution >= 0.6 is 0 Å². The summed E-state index contributed by atoms with van der Waals surface area (Å²) in [7, 11) is 1.63. The number of carbonyl (C=O) groups excluding carboxylic acids is 1. The summed E-state index contributed by atoms with van der Waals surface area (Å²) in [4.78, 5) is 16.9. The van der Waals surface area contributed by atoms with Crippen molar-refractivity contribution in [1.82, 2.24) is 19.9 Å². The number of methoxy groups -OCH3 is 1. The van der Waals surface area contributed by atoms with E-state index in [1.807, 2.05) is 55.6 Å². The highest BCUT2D eigenvalue weighted by Crippen LogP contribution is 2.17. The van der Waals surface area contributed by atoms with E-state index >= 15 is 0 Å². The van der Waals surface area contributed by atoms with Crippen LogP contribution in [0.15, 0.2) is 30.3 Å². The number of aromatic nitrogens is 3. The lowest BCUT2D eigenvalue weighted by molar-refractivity contribution is -0.121. The fourth-order valence-corrected chi connectivity index (χ4v) is 3.11. The normalized spacial score (nSPS) is 10.9. The SMILES string of the molecule is COc1cccc(CNC(=O)CCc2c(C)nc3cc(C)nn3c2C)c1. The smallest absolute Gasteiger partial charge is 0.220 e. The number of rotatable bonds is 6. The van der Waals surface area contributed by atoms with Crippen LogP contribution in [0.5, 0.6) is 5.75 Å². The van der Waals surface area contributed by atoms with Crippen molar-refractivity contribution in [3.05, 3.63) is 58.5 Å². The summed E-state index contributed by atoms with van der Waals surface area (Å²) in [6.07, 6.45) is 1.06. The van der Waals surface area contributed by atoms with Gasteiger partial charge in [-0.1, -0.05) is 12.1 Å². The summed E-state index contributed by atoms with van der Waals surface area (Å²) in [5.74, 6) is 0.806. The van der Waals surface area contributed by atoms with Crippen molar-refractivity contribution < 1.29 is 9.53 Å². The number of nitrogens with one attached hydrogen (secondary N) is 1. The minimum absolute atomic E-state index is 0.0170. The molecule has 0 unspecified atom stereocenters. The van der Waals surface area contributed by atoms with E-state index in [0.29, 0.717) is 19.4 Å². The average molecular weight is 352 g/mol. The minimum Gasteiger partial charge on any atom is -0.497 e. The maximum atomic E-state index is 12.2. The average Bonchev–Trinajstić information content (AvgIpc) is 3.00. The Morgan fingerprint density at radius 3 is 2.81 bits per heavy atom. The molecule has 0 bridgehead atoms. The largest absolute Gasteiger partial charge is 0.497 e. The van der Waals surface area contributed by atoms with E-state index < -0.39 is 0 Å². The van der Waals surface area contributed by atoms with Gasteiger partial charge in [0.1, 0.15) is 5.75 Å². The van der Waals surface area contributed by atoms with Gasteiger partial charge in [0, 0.05) is 30.4 Å². The quantitative estimate of drug-likeness (QED) is 0.741. The van der Waals surface area contributed by atoms with E-state index in [1.165, 1.54) is 0 Å². The molecule has 1 amide bonds. The van der Waals surface area contributed by atoms with Crippen molar-refractivity contribution in [3.63, 3.8) is 0 Å². The van der Waals surface area contributed by atoms with Crippen LogP contribution in [0.25, 0.3) is 5.65 Å². The molecule has 0 fully saturated rings. The van der Waals surface area contributed by atoms with Gasteiger partial charge in [0.15, 0.2) is 5.65 Å². The van der Waals surface area contributed by atoms with Gasteiger partial charge in [-0.2, -0.15) is 5.10 Å². The first-order chi connectivity index (χ1) is 12.5. The molecule has 6 heteroatoms. The molecule has 0 saturated heterocycles. The standard InChI is InChI=1S/C20H24N4O2/c1-13-10-19-22-14(2)18(15(3)24(19)23-13)8-9-20(25)21-12-16-6-5-7-17(11-16)26-4/h5-7,10-11H,8-9,12H2,1-4H3,(H,21,25). The third-order valence-electron chi connectivity index (χ3n) is 4.51. The third-order valence-corrected chi connectivity index (χ3v) is 4.51. The molecule has 1 N–H and O–H groups in total. The number of hydrogen-bond donors (Lipinski definition) is 1.